The Balaban J connectivity index is 3.21. The first-order chi connectivity index (χ1) is 7.41. The van der Waals surface area contributed by atoms with Gasteiger partial charge in [0.25, 0.3) is 0 Å². The molecule has 6 heteroatoms. The summed E-state index contributed by atoms with van der Waals surface area (Å²) in [6, 6.07) is 1.56. The van der Waals surface area contributed by atoms with Crippen LogP contribution >= 0.6 is 11.6 Å². The monoisotopic (exact) mass is 244 g/mol. The molecule has 0 unspecified atom stereocenters. The molecule has 0 N–H and O–H groups in total. The summed E-state index contributed by atoms with van der Waals surface area (Å²) in [5.74, 6) is -0.0868. The zero-order valence-electron chi connectivity index (χ0n) is 9.57. The first-order valence-corrected chi connectivity index (χ1v) is 4.97. The number of rotatable bonds is 3. The van der Waals surface area contributed by atoms with E-state index in [1.807, 2.05) is 0 Å². The highest BCUT2D eigenvalue weighted by molar-refractivity contribution is 6.28. The van der Waals surface area contributed by atoms with Gasteiger partial charge < -0.3 is 9.47 Å². The molecule has 88 valence electrons. The van der Waals surface area contributed by atoms with Crippen LogP contribution < -0.4 is 4.74 Å². The maximum atomic E-state index is 11.6. The Kier molecular flexibility index (Phi) is 3.70. The van der Waals surface area contributed by atoms with Gasteiger partial charge in [0, 0.05) is 6.07 Å². The molecule has 0 spiro atoms. The average molecular weight is 245 g/mol. The van der Waals surface area contributed by atoms with Crippen LogP contribution in [0, 0.1) is 0 Å². The normalized spacial score (nSPS) is 11.1. The van der Waals surface area contributed by atoms with Crippen molar-refractivity contribution >= 4 is 17.6 Å². The lowest BCUT2D eigenvalue weighted by Crippen LogP contribution is -2.31. The van der Waals surface area contributed by atoms with Gasteiger partial charge in [0.15, 0.2) is 0 Å². The molecule has 0 aliphatic carbocycles. The quantitative estimate of drug-likeness (QED) is 0.597. The van der Waals surface area contributed by atoms with Crippen LogP contribution in [0.4, 0.5) is 0 Å². The molecule has 0 saturated carbocycles. The first-order valence-electron chi connectivity index (χ1n) is 4.59. The van der Waals surface area contributed by atoms with Crippen molar-refractivity contribution in [3.63, 3.8) is 0 Å². The van der Waals surface area contributed by atoms with Gasteiger partial charge in [0.2, 0.25) is 11.2 Å². The Morgan fingerprint density at radius 2 is 2.00 bits per heavy atom. The van der Waals surface area contributed by atoms with Crippen LogP contribution in [0.25, 0.3) is 0 Å². The minimum absolute atomic E-state index is 0.0336. The van der Waals surface area contributed by atoms with E-state index in [-0.39, 0.29) is 5.28 Å². The predicted molar refractivity (Wildman–Crippen MR) is 58.6 cm³/mol. The van der Waals surface area contributed by atoms with Crippen LogP contribution in [-0.4, -0.2) is 30.2 Å². The molecule has 0 fully saturated rings. The number of nitrogens with zero attached hydrogens (tertiary/aromatic N) is 2. The van der Waals surface area contributed by atoms with E-state index < -0.39 is 11.4 Å². The summed E-state index contributed by atoms with van der Waals surface area (Å²) in [5, 5.41) is 0.0336. The number of carbonyl (C=O) groups excluding carboxylic acids is 1. The average Bonchev–Trinajstić information content (AvgIpc) is 2.26. The van der Waals surface area contributed by atoms with Crippen LogP contribution in [-0.2, 0) is 14.9 Å². The molecule has 16 heavy (non-hydrogen) atoms. The maximum absolute atomic E-state index is 11.6. The number of hydrogen-bond donors (Lipinski definition) is 0. The van der Waals surface area contributed by atoms with Crippen molar-refractivity contribution in [3.05, 3.63) is 17.0 Å². The van der Waals surface area contributed by atoms with Gasteiger partial charge in [-0.2, -0.15) is 4.98 Å². The van der Waals surface area contributed by atoms with Gasteiger partial charge in [-0.1, -0.05) is 0 Å². The Bertz CT molecular complexity index is 407. The first kappa shape index (κ1) is 12.7. The second-order valence-electron chi connectivity index (χ2n) is 3.68. The smallest absolute Gasteiger partial charge is 0.317 e. The van der Waals surface area contributed by atoms with Crippen molar-refractivity contribution in [3.8, 4) is 5.88 Å². The van der Waals surface area contributed by atoms with Crippen LogP contribution in [0.3, 0.4) is 0 Å². The molecule has 1 aromatic rings. The molecular weight excluding hydrogens is 232 g/mol. The van der Waals surface area contributed by atoms with Crippen molar-refractivity contribution < 1.29 is 14.3 Å². The summed E-state index contributed by atoms with van der Waals surface area (Å²) in [6.45, 7) is 3.38. The molecule has 0 aliphatic rings. The number of esters is 1. The highest BCUT2D eigenvalue weighted by Gasteiger charge is 2.33. The number of aromatic nitrogens is 2. The van der Waals surface area contributed by atoms with E-state index in [1.54, 1.807) is 19.9 Å². The van der Waals surface area contributed by atoms with E-state index in [4.69, 9.17) is 21.1 Å². The summed E-state index contributed by atoms with van der Waals surface area (Å²) >= 11 is 5.73. The molecule has 0 bridgehead atoms. The number of carbonyl (C=O) groups is 1. The van der Waals surface area contributed by atoms with Gasteiger partial charge in [-0.15, -0.1) is 0 Å². The standard InChI is InChI=1S/C10H13ClN2O3/c1-10(2,8(14)16-4)6-5-7(15-3)13-9(11)12-6/h5H,1-4H3. The van der Waals surface area contributed by atoms with Gasteiger partial charge in [0.1, 0.15) is 5.41 Å². The molecule has 0 saturated heterocycles. The van der Waals surface area contributed by atoms with Crippen LogP contribution in [0.5, 0.6) is 5.88 Å². The SMILES string of the molecule is COC(=O)C(C)(C)c1cc(OC)nc(Cl)n1. The van der Waals surface area contributed by atoms with Gasteiger partial charge >= 0.3 is 5.97 Å². The van der Waals surface area contributed by atoms with E-state index in [0.717, 1.165) is 0 Å². The van der Waals surface area contributed by atoms with Crippen LogP contribution in [0.1, 0.15) is 19.5 Å². The van der Waals surface area contributed by atoms with Gasteiger partial charge in [-0.25, -0.2) is 4.98 Å². The molecule has 0 aromatic carbocycles. The largest absolute Gasteiger partial charge is 0.481 e. The molecule has 5 nitrogen and oxygen atoms in total. The maximum Gasteiger partial charge on any atom is 0.317 e. The molecule has 0 amide bonds. The highest BCUT2D eigenvalue weighted by Crippen LogP contribution is 2.26. The van der Waals surface area contributed by atoms with E-state index in [9.17, 15) is 4.79 Å². The van der Waals surface area contributed by atoms with Crippen molar-refractivity contribution in [2.45, 2.75) is 19.3 Å². The summed E-state index contributed by atoms with van der Waals surface area (Å²) in [4.78, 5) is 19.4. The van der Waals surface area contributed by atoms with E-state index in [2.05, 4.69) is 9.97 Å². The lowest BCUT2D eigenvalue weighted by atomic mass is 9.89. The fourth-order valence-electron chi connectivity index (χ4n) is 1.18. The molecule has 1 aromatic heterocycles. The summed E-state index contributed by atoms with van der Waals surface area (Å²) in [5.41, 5.74) is -0.439. The van der Waals surface area contributed by atoms with Crippen molar-refractivity contribution in [2.24, 2.45) is 0 Å². The topological polar surface area (TPSA) is 61.3 Å². The minimum atomic E-state index is -0.894. The van der Waals surface area contributed by atoms with E-state index >= 15 is 0 Å². The minimum Gasteiger partial charge on any atom is -0.481 e. The van der Waals surface area contributed by atoms with E-state index in [1.165, 1.54) is 14.2 Å². The number of hydrogen-bond acceptors (Lipinski definition) is 5. The summed E-state index contributed by atoms with van der Waals surface area (Å²) in [6.07, 6.45) is 0. The molecule has 0 radical (unpaired) electrons. The molecule has 0 atom stereocenters. The lowest BCUT2D eigenvalue weighted by molar-refractivity contribution is -0.146. The predicted octanol–water partition coefficient (Wildman–Crippen LogP) is 1.59. The van der Waals surface area contributed by atoms with Gasteiger partial charge in [0.05, 0.1) is 19.9 Å². The number of halogens is 1. The Labute approximate surface area is 98.8 Å². The zero-order chi connectivity index (χ0) is 12.3. The lowest BCUT2D eigenvalue weighted by Gasteiger charge is -2.20. The third-order valence-corrected chi connectivity index (χ3v) is 2.39. The fourth-order valence-corrected chi connectivity index (χ4v) is 1.36. The Hall–Kier alpha value is -1.36. The van der Waals surface area contributed by atoms with Crippen LogP contribution in [0.15, 0.2) is 6.07 Å². The third-order valence-electron chi connectivity index (χ3n) is 2.22. The molecule has 1 rings (SSSR count). The van der Waals surface area contributed by atoms with Crippen molar-refractivity contribution in [2.75, 3.05) is 14.2 Å². The zero-order valence-corrected chi connectivity index (χ0v) is 10.3. The van der Waals surface area contributed by atoms with Crippen molar-refractivity contribution in [1.29, 1.82) is 0 Å². The number of ether oxygens (including phenoxy) is 2. The summed E-state index contributed by atoms with van der Waals surface area (Å²) in [7, 11) is 2.79. The second kappa shape index (κ2) is 4.65. The van der Waals surface area contributed by atoms with Crippen molar-refractivity contribution in [1.82, 2.24) is 9.97 Å². The molecule has 1 heterocycles. The Morgan fingerprint density at radius 1 is 1.38 bits per heavy atom. The fraction of sp³-hybridized carbons (Fsp3) is 0.500. The van der Waals surface area contributed by atoms with Gasteiger partial charge in [-0.3, -0.25) is 4.79 Å². The summed E-state index contributed by atoms with van der Waals surface area (Å²) < 4.78 is 9.66. The Morgan fingerprint density at radius 3 is 2.50 bits per heavy atom. The van der Waals surface area contributed by atoms with Gasteiger partial charge in [-0.05, 0) is 25.4 Å². The van der Waals surface area contributed by atoms with Crippen LogP contribution in [0.2, 0.25) is 5.28 Å². The third kappa shape index (κ3) is 2.41. The molecule has 0 aliphatic heterocycles. The van der Waals surface area contributed by atoms with E-state index in [0.29, 0.717) is 11.6 Å². The molecular formula is C10H13ClN2O3. The highest BCUT2D eigenvalue weighted by atomic mass is 35.5. The second-order valence-corrected chi connectivity index (χ2v) is 4.02. The number of methoxy groups -OCH3 is 2.